The molecule has 7 heteroatoms. The largest absolute Gasteiger partial charge is 0.339 e. The van der Waals surface area contributed by atoms with Crippen molar-refractivity contribution in [2.45, 2.75) is 37.5 Å². The SMILES string of the molecule is Cc1ccc(S(=O)(=O)N(C)c2cncc(C(=O)N3CCCCCC3)c2)cc1. The fourth-order valence-electron chi connectivity index (χ4n) is 3.18. The molecule has 0 saturated carbocycles. The minimum atomic E-state index is -3.71. The number of pyridine rings is 1. The number of hydrogen-bond acceptors (Lipinski definition) is 4. The summed E-state index contributed by atoms with van der Waals surface area (Å²) in [7, 11) is -2.23. The molecule has 0 N–H and O–H groups in total. The zero-order chi connectivity index (χ0) is 19.4. The molecule has 144 valence electrons. The number of rotatable bonds is 4. The number of likely N-dealkylation sites (tertiary alicyclic amines) is 1. The minimum Gasteiger partial charge on any atom is -0.339 e. The van der Waals surface area contributed by atoms with Gasteiger partial charge in [0.2, 0.25) is 0 Å². The van der Waals surface area contributed by atoms with Crippen LogP contribution in [-0.2, 0) is 10.0 Å². The first kappa shape index (κ1) is 19.4. The van der Waals surface area contributed by atoms with Crippen molar-refractivity contribution in [2.24, 2.45) is 0 Å². The first-order valence-electron chi connectivity index (χ1n) is 9.19. The van der Waals surface area contributed by atoms with Gasteiger partial charge in [0.05, 0.1) is 22.3 Å². The maximum Gasteiger partial charge on any atom is 0.264 e. The standard InChI is InChI=1S/C20H25N3O3S/c1-16-7-9-19(10-8-16)27(25,26)22(2)18-13-17(14-21-15-18)20(24)23-11-5-3-4-6-12-23/h7-10,13-15H,3-6,11-12H2,1-2H3. The lowest BCUT2D eigenvalue weighted by Crippen LogP contribution is -2.32. The van der Waals surface area contributed by atoms with Crippen molar-refractivity contribution in [1.29, 1.82) is 0 Å². The molecule has 2 heterocycles. The Morgan fingerprint density at radius 2 is 1.67 bits per heavy atom. The molecule has 1 fully saturated rings. The van der Waals surface area contributed by atoms with E-state index in [9.17, 15) is 13.2 Å². The van der Waals surface area contributed by atoms with E-state index in [-0.39, 0.29) is 10.8 Å². The fourth-order valence-corrected chi connectivity index (χ4v) is 4.35. The third kappa shape index (κ3) is 4.30. The Morgan fingerprint density at radius 1 is 1.04 bits per heavy atom. The highest BCUT2D eigenvalue weighted by atomic mass is 32.2. The number of amides is 1. The van der Waals surface area contributed by atoms with E-state index >= 15 is 0 Å². The molecule has 0 spiro atoms. The number of benzene rings is 1. The van der Waals surface area contributed by atoms with Gasteiger partial charge in [-0.3, -0.25) is 14.1 Å². The van der Waals surface area contributed by atoms with E-state index in [4.69, 9.17) is 0 Å². The molecule has 0 aliphatic carbocycles. The minimum absolute atomic E-state index is 0.0904. The summed E-state index contributed by atoms with van der Waals surface area (Å²) in [5.41, 5.74) is 1.78. The highest BCUT2D eigenvalue weighted by Gasteiger charge is 2.23. The van der Waals surface area contributed by atoms with Gasteiger partial charge in [0.15, 0.2) is 0 Å². The van der Waals surface area contributed by atoms with Crippen molar-refractivity contribution in [3.8, 4) is 0 Å². The maximum absolute atomic E-state index is 12.9. The van der Waals surface area contributed by atoms with E-state index < -0.39 is 10.0 Å². The smallest absolute Gasteiger partial charge is 0.264 e. The zero-order valence-corrected chi connectivity index (χ0v) is 16.6. The molecule has 1 aromatic heterocycles. The predicted molar refractivity (Wildman–Crippen MR) is 105 cm³/mol. The van der Waals surface area contributed by atoms with Crippen molar-refractivity contribution < 1.29 is 13.2 Å². The van der Waals surface area contributed by atoms with Gasteiger partial charge >= 0.3 is 0 Å². The topological polar surface area (TPSA) is 70.6 Å². The zero-order valence-electron chi connectivity index (χ0n) is 15.8. The summed E-state index contributed by atoms with van der Waals surface area (Å²) in [5.74, 6) is -0.0904. The van der Waals surface area contributed by atoms with Gasteiger partial charge in [-0.25, -0.2) is 8.42 Å². The summed E-state index contributed by atoms with van der Waals surface area (Å²) in [6, 6.07) is 8.30. The molecule has 2 aromatic rings. The summed E-state index contributed by atoms with van der Waals surface area (Å²) in [4.78, 5) is 19.0. The predicted octanol–water partition coefficient (Wildman–Crippen LogP) is 3.23. The lowest BCUT2D eigenvalue weighted by molar-refractivity contribution is 0.0761. The molecule has 1 aliphatic rings. The molecule has 6 nitrogen and oxygen atoms in total. The second-order valence-corrected chi connectivity index (χ2v) is 8.89. The van der Waals surface area contributed by atoms with Gasteiger partial charge in [0.1, 0.15) is 0 Å². The van der Waals surface area contributed by atoms with Crippen LogP contribution in [0.25, 0.3) is 0 Å². The van der Waals surface area contributed by atoms with E-state index in [1.54, 1.807) is 30.3 Å². The van der Waals surface area contributed by atoms with Crippen LogP contribution in [0.1, 0.15) is 41.6 Å². The van der Waals surface area contributed by atoms with Crippen LogP contribution in [-0.4, -0.2) is 44.3 Å². The van der Waals surface area contributed by atoms with Crippen LogP contribution in [0.3, 0.4) is 0 Å². The molecule has 27 heavy (non-hydrogen) atoms. The molecule has 0 unspecified atom stereocenters. The summed E-state index contributed by atoms with van der Waals surface area (Å²) < 4.78 is 26.9. The molecule has 0 atom stereocenters. The third-order valence-corrected chi connectivity index (χ3v) is 6.71. The normalized spacial score (nSPS) is 15.3. The summed E-state index contributed by atoms with van der Waals surface area (Å²) in [6.45, 7) is 3.38. The van der Waals surface area contributed by atoms with Crippen LogP contribution in [0, 0.1) is 6.92 Å². The van der Waals surface area contributed by atoms with E-state index in [2.05, 4.69) is 4.98 Å². The number of aryl methyl sites for hydroxylation is 1. The lowest BCUT2D eigenvalue weighted by atomic mass is 10.2. The van der Waals surface area contributed by atoms with Crippen LogP contribution in [0.4, 0.5) is 5.69 Å². The number of nitrogens with zero attached hydrogens (tertiary/aromatic N) is 3. The number of carbonyl (C=O) groups is 1. The molecule has 1 amide bonds. The molecule has 1 saturated heterocycles. The van der Waals surface area contributed by atoms with Gasteiger partial charge < -0.3 is 4.90 Å². The quantitative estimate of drug-likeness (QED) is 0.808. The van der Waals surface area contributed by atoms with Gasteiger partial charge in [0.25, 0.3) is 15.9 Å². The van der Waals surface area contributed by atoms with Crippen LogP contribution in [0.5, 0.6) is 0 Å². The van der Waals surface area contributed by atoms with Crippen molar-refractivity contribution in [3.05, 3.63) is 53.9 Å². The van der Waals surface area contributed by atoms with Crippen molar-refractivity contribution in [3.63, 3.8) is 0 Å². The Kier molecular flexibility index (Phi) is 5.79. The van der Waals surface area contributed by atoms with Crippen molar-refractivity contribution in [1.82, 2.24) is 9.88 Å². The van der Waals surface area contributed by atoms with Crippen LogP contribution < -0.4 is 4.31 Å². The average molecular weight is 388 g/mol. The monoisotopic (exact) mass is 387 g/mol. The van der Waals surface area contributed by atoms with E-state index in [1.807, 2.05) is 11.8 Å². The van der Waals surface area contributed by atoms with Gasteiger partial charge in [0, 0.05) is 26.3 Å². The summed E-state index contributed by atoms with van der Waals surface area (Å²) in [6.07, 6.45) is 7.24. The molecule has 1 aromatic carbocycles. The Labute approximate surface area is 160 Å². The molecule has 3 rings (SSSR count). The van der Waals surface area contributed by atoms with Gasteiger partial charge in [-0.1, -0.05) is 30.5 Å². The molecular formula is C20H25N3O3S. The maximum atomic E-state index is 12.9. The van der Waals surface area contributed by atoms with E-state index in [1.165, 1.54) is 23.7 Å². The number of carbonyl (C=O) groups excluding carboxylic acids is 1. The highest BCUT2D eigenvalue weighted by Crippen LogP contribution is 2.23. The number of anilines is 1. The lowest BCUT2D eigenvalue weighted by Gasteiger charge is -2.22. The summed E-state index contributed by atoms with van der Waals surface area (Å²) >= 11 is 0. The molecular weight excluding hydrogens is 362 g/mol. The molecule has 0 radical (unpaired) electrons. The second-order valence-electron chi connectivity index (χ2n) is 6.92. The Bertz CT molecular complexity index is 902. The first-order chi connectivity index (χ1) is 12.9. The van der Waals surface area contributed by atoms with Crippen molar-refractivity contribution in [2.75, 3.05) is 24.4 Å². The first-order valence-corrected chi connectivity index (χ1v) is 10.6. The Morgan fingerprint density at radius 3 is 2.30 bits per heavy atom. The number of sulfonamides is 1. The van der Waals surface area contributed by atoms with Crippen LogP contribution >= 0.6 is 0 Å². The Hall–Kier alpha value is -2.41. The van der Waals surface area contributed by atoms with E-state index in [0.29, 0.717) is 11.3 Å². The third-order valence-electron chi connectivity index (χ3n) is 4.91. The molecule has 1 aliphatic heterocycles. The van der Waals surface area contributed by atoms with Gasteiger partial charge in [-0.2, -0.15) is 0 Å². The van der Waals surface area contributed by atoms with E-state index in [0.717, 1.165) is 44.3 Å². The van der Waals surface area contributed by atoms with Gasteiger partial charge in [-0.15, -0.1) is 0 Å². The average Bonchev–Trinajstić information content (AvgIpc) is 2.96. The van der Waals surface area contributed by atoms with Crippen LogP contribution in [0.2, 0.25) is 0 Å². The number of hydrogen-bond donors (Lipinski definition) is 0. The van der Waals surface area contributed by atoms with Gasteiger partial charge in [-0.05, 0) is 38.0 Å². The fraction of sp³-hybridized carbons (Fsp3) is 0.400. The Balaban J connectivity index is 1.85. The summed E-state index contributed by atoms with van der Waals surface area (Å²) in [5, 5.41) is 0. The second kappa shape index (κ2) is 8.08. The number of aromatic nitrogens is 1. The van der Waals surface area contributed by atoms with Crippen molar-refractivity contribution >= 4 is 21.6 Å². The molecule has 0 bridgehead atoms. The highest BCUT2D eigenvalue weighted by molar-refractivity contribution is 7.92. The van der Waals surface area contributed by atoms with Crippen LogP contribution in [0.15, 0.2) is 47.6 Å².